The van der Waals surface area contributed by atoms with Gasteiger partial charge in [-0.05, 0) is 18.2 Å². The molecule has 0 bridgehead atoms. The molecule has 3 rings (SSSR count). The van der Waals surface area contributed by atoms with E-state index in [4.69, 9.17) is 5.11 Å². The van der Waals surface area contributed by atoms with E-state index in [1.54, 1.807) is 0 Å². The molecule has 0 amide bonds. The smallest absolute Gasteiger partial charge is 0.422 e. The third kappa shape index (κ3) is 3.13. The van der Waals surface area contributed by atoms with E-state index in [-0.39, 0.29) is 5.69 Å². The minimum absolute atomic E-state index is 0.0917. The summed E-state index contributed by atoms with van der Waals surface area (Å²) in [5.41, 5.74) is -2.44. The van der Waals surface area contributed by atoms with Crippen LogP contribution in [0, 0.1) is 11.6 Å². The molecule has 0 aliphatic rings. The Morgan fingerprint density at radius 1 is 1.12 bits per heavy atom. The molecule has 0 aliphatic heterocycles. The van der Waals surface area contributed by atoms with Crippen molar-refractivity contribution in [1.82, 2.24) is 14.8 Å². The lowest BCUT2D eigenvalue weighted by Gasteiger charge is -2.12. The number of hydrogen-bond donors (Lipinski definition) is 1. The Kier molecular flexibility index (Phi) is 4.18. The van der Waals surface area contributed by atoms with Gasteiger partial charge in [-0.15, -0.1) is 0 Å². The summed E-state index contributed by atoms with van der Waals surface area (Å²) in [5.74, 6) is -5.09. The van der Waals surface area contributed by atoms with E-state index >= 15 is 0 Å². The van der Waals surface area contributed by atoms with Crippen LogP contribution < -0.4 is 0 Å². The van der Waals surface area contributed by atoms with Crippen LogP contribution in [0.2, 0.25) is 0 Å². The van der Waals surface area contributed by atoms with Gasteiger partial charge in [-0.25, -0.2) is 18.3 Å². The summed E-state index contributed by atoms with van der Waals surface area (Å²) in [6.45, 7) is 0. The summed E-state index contributed by atoms with van der Waals surface area (Å²) >= 11 is 0. The molecule has 1 aromatic carbocycles. The Morgan fingerprint density at radius 2 is 1.77 bits per heavy atom. The van der Waals surface area contributed by atoms with E-state index < -0.39 is 40.7 Å². The second kappa shape index (κ2) is 6.21. The van der Waals surface area contributed by atoms with Crippen molar-refractivity contribution < 1.29 is 31.9 Å². The van der Waals surface area contributed by atoms with Gasteiger partial charge in [0.1, 0.15) is 17.2 Å². The maximum Gasteiger partial charge on any atom is 0.422 e. The zero-order chi connectivity index (χ0) is 19.1. The van der Waals surface area contributed by atoms with Crippen LogP contribution in [0.1, 0.15) is 16.1 Å². The predicted molar refractivity (Wildman–Crippen MR) is 78.7 cm³/mol. The third-order valence-corrected chi connectivity index (χ3v) is 3.44. The molecule has 0 unspecified atom stereocenters. The average molecular weight is 369 g/mol. The molecule has 0 spiro atoms. The number of aromatic nitrogens is 3. The fourth-order valence-corrected chi connectivity index (χ4v) is 2.36. The van der Waals surface area contributed by atoms with Crippen LogP contribution in [-0.2, 0) is 6.18 Å². The Hall–Kier alpha value is -3.30. The van der Waals surface area contributed by atoms with Crippen LogP contribution >= 0.6 is 0 Å². The van der Waals surface area contributed by atoms with Crippen molar-refractivity contribution in [2.45, 2.75) is 6.18 Å². The van der Waals surface area contributed by atoms with Gasteiger partial charge in [-0.3, -0.25) is 4.98 Å². The first-order valence-corrected chi connectivity index (χ1v) is 6.99. The third-order valence-electron chi connectivity index (χ3n) is 3.44. The van der Waals surface area contributed by atoms with E-state index in [0.717, 1.165) is 10.7 Å². The fraction of sp³-hybridized carbons (Fsp3) is 0.0625. The molecule has 26 heavy (non-hydrogen) atoms. The van der Waals surface area contributed by atoms with Gasteiger partial charge in [0.2, 0.25) is 0 Å². The molecule has 0 saturated heterocycles. The van der Waals surface area contributed by atoms with E-state index in [1.807, 2.05) is 0 Å². The second-order valence-electron chi connectivity index (χ2n) is 5.16. The largest absolute Gasteiger partial charge is 0.476 e. The van der Waals surface area contributed by atoms with Crippen LogP contribution in [0.15, 0.2) is 42.7 Å². The summed E-state index contributed by atoms with van der Waals surface area (Å²) in [7, 11) is 0. The van der Waals surface area contributed by atoms with Gasteiger partial charge in [-0.2, -0.15) is 18.3 Å². The summed E-state index contributed by atoms with van der Waals surface area (Å²) in [6, 6.07) is 5.05. The first kappa shape index (κ1) is 17.5. The minimum atomic E-state index is -5.21. The maximum atomic E-state index is 13.9. The van der Waals surface area contributed by atoms with Gasteiger partial charge in [0.15, 0.2) is 5.69 Å². The van der Waals surface area contributed by atoms with Crippen molar-refractivity contribution in [1.29, 1.82) is 0 Å². The van der Waals surface area contributed by atoms with Crippen molar-refractivity contribution in [3.05, 3.63) is 65.6 Å². The lowest BCUT2D eigenvalue weighted by atomic mass is 10.1. The monoisotopic (exact) mass is 369 g/mol. The van der Waals surface area contributed by atoms with Crippen molar-refractivity contribution in [2.24, 2.45) is 0 Å². The van der Waals surface area contributed by atoms with Crippen molar-refractivity contribution in [3.8, 4) is 16.9 Å². The molecule has 3 aromatic rings. The Labute approximate surface area is 142 Å². The molecule has 134 valence electrons. The summed E-state index contributed by atoms with van der Waals surface area (Å²) in [5, 5.41) is 12.8. The number of aromatic carboxylic acids is 1. The predicted octanol–water partition coefficient (Wildman–Crippen LogP) is 3.93. The van der Waals surface area contributed by atoms with Crippen molar-refractivity contribution in [3.63, 3.8) is 0 Å². The molecule has 0 radical (unpaired) electrons. The lowest BCUT2D eigenvalue weighted by Crippen LogP contribution is -2.13. The van der Waals surface area contributed by atoms with Gasteiger partial charge < -0.3 is 5.11 Å². The number of carbonyl (C=O) groups is 1. The van der Waals surface area contributed by atoms with E-state index in [1.165, 1.54) is 24.5 Å². The summed E-state index contributed by atoms with van der Waals surface area (Å²) in [6.07, 6.45) is -2.43. The number of rotatable bonds is 3. The zero-order valence-corrected chi connectivity index (χ0v) is 12.6. The quantitative estimate of drug-likeness (QED) is 0.711. The van der Waals surface area contributed by atoms with Gasteiger partial charge in [0, 0.05) is 30.1 Å². The van der Waals surface area contributed by atoms with E-state index in [9.17, 15) is 26.7 Å². The normalized spacial score (nSPS) is 11.6. The number of hydrogen-bond acceptors (Lipinski definition) is 3. The number of pyridine rings is 1. The molecule has 5 nitrogen and oxygen atoms in total. The number of benzene rings is 1. The van der Waals surface area contributed by atoms with Crippen LogP contribution in [-0.4, -0.2) is 25.8 Å². The minimum Gasteiger partial charge on any atom is -0.476 e. The Bertz CT molecular complexity index is 960. The Balaban J connectivity index is 2.23. The molecule has 2 aromatic heterocycles. The van der Waals surface area contributed by atoms with Crippen LogP contribution in [0.5, 0.6) is 0 Å². The molecule has 1 N–H and O–H groups in total. The van der Waals surface area contributed by atoms with Crippen molar-refractivity contribution >= 4 is 5.97 Å². The van der Waals surface area contributed by atoms with Crippen LogP contribution in [0.25, 0.3) is 16.9 Å². The number of nitrogens with zero attached hydrogens (tertiary/aromatic N) is 3. The molecular formula is C16H8F5N3O2. The molecule has 0 atom stereocenters. The standard InChI is InChI=1S/C16H8F5N3O2/c17-10-4-9(5-11(18)14(10)16(19,20)21)24-13(6-12(23-24)15(25)26)8-2-1-3-22-7-8/h1-7H,(H,25,26). The highest BCUT2D eigenvalue weighted by atomic mass is 19.4. The topological polar surface area (TPSA) is 68.0 Å². The SMILES string of the molecule is O=C(O)c1cc(-c2cccnc2)n(-c2cc(F)c(C(F)(F)F)c(F)c2)n1. The van der Waals surface area contributed by atoms with Crippen LogP contribution in [0.4, 0.5) is 22.0 Å². The molecule has 0 aliphatic carbocycles. The number of halogens is 5. The highest BCUT2D eigenvalue weighted by Crippen LogP contribution is 2.35. The fourth-order valence-electron chi connectivity index (χ4n) is 2.36. The number of alkyl halides is 3. The van der Waals surface area contributed by atoms with E-state index in [2.05, 4.69) is 10.1 Å². The van der Waals surface area contributed by atoms with Gasteiger partial charge in [-0.1, -0.05) is 0 Å². The number of carboxylic acids is 1. The van der Waals surface area contributed by atoms with Gasteiger partial charge in [0.25, 0.3) is 0 Å². The molecule has 0 fully saturated rings. The number of carboxylic acid groups (broad SMARTS) is 1. The first-order chi connectivity index (χ1) is 12.2. The molecule has 10 heteroatoms. The zero-order valence-electron chi connectivity index (χ0n) is 12.6. The Morgan fingerprint density at radius 3 is 2.27 bits per heavy atom. The van der Waals surface area contributed by atoms with Crippen molar-refractivity contribution in [2.75, 3.05) is 0 Å². The maximum absolute atomic E-state index is 13.9. The van der Waals surface area contributed by atoms with Gasteiger partial charge in [0.05, 0.1) is 11.4 Å². The second-order valence-corrected chi connectivity index (χ2v) is 5.16. The lowest BCUT2D eigenvalue weighted by molar-refractivity contribution is -0.142. The average Bonchev–Trinajstić information content (AvgIpc) is 2.99. The van der Waals surface area contributed by atoms with Gasteiger partial charge >= 0.3 is 12.1 Å². The highest BCUT2D eigenvalue weighted by Gasteiger charge is 2.38. The van der Waals surface area contributed by atoms with E-state index in [0.29, 0.717) is 17.7 Å². The first-order valence-electron chi connectivity index (χ1n) is 6.99. The highest BCUT2D eigenvalue weighted by molar-refractivity contribution is 5.87. The molecule has 2 heterocycles. The summed E-state index contributed by atoms with van der Waals surface area (Å²) in [4.78, 5) is 15.0. The molecule has 0 saturated carbocycles. The summed E-state index contributed by atoms with van der Waals surface area (Å²) < 4.78 is 66.7. The van der Waals surface area contributed by atoms with Crippen LogP contribution in [0.3, 0.4) is 0 Å². The molecular weight excluding hydrogens is 361 g/mol.